The van der Waals surface area contributed by atoms with E-state index in [9.17, 15) is 9.90 Å². The lowest BCUT2D eigenvalue weighted by molar-refractivity contribution is 0.0696. The summed E-state index contributed by atoms with van der Waals surface area (Å²) in [5.74, 6) is -0.929. The maximum atomic E-state index is 11.6. The SMILES string of the molecule is CCN(Cc1ccccc1)c1cc(C)nc(C)c1C(=O)O. The zero-order valence-electron chi connectivity index (χ0n) is 12.6. The molecule has 1 aromatic heterocycles. The number of pyridine rings is 1. The fourth-order valence-electron chi connectivity index (χ4n) is 2.49. The normalized spacial score (nSPS) is 10.4. The molecule has 0 saturated carbocycles. The van der Waals surface area contributed by atoms with Crippen LogP contribution in [0.25, 0.3) is 0 Å². The Kier molecular flexibility index (Phi) is 4.58. The van der Waals surface area contributed by atoms with Crippen molar-refractivity contribution in [2.24, 2.45) is 0 Å². The van der Waals surface area contributed by atoms with Crippen molar-refractivity contribution in [1.82, 2.24) is 4.98 Å². The number of carbonyl (C=O) groups is 1. The second-order valence-corrected chi connectivity index (χ2v) is 5.05. The summed E-state index contributed by atoms with van der Waals surface area (Å²) in [5.41, 5.74) is 3.57. The summed E-state index contributed by atoms with van der Waals surface area (Å²) in [4.78, 5) is 17.9. The Hall–Kier alpha value is -2.36. The molecule has 0 saturated heterocycles. The fourth-order valence-corrected chi connectivity index (χ4v) is 2.49. The summed E-state index contributed by atoms with van der Waals surface area (Å²) in [7, 11) is 0. The third-order valence-electron chi connectivity index (χ3n) is 3.46. The molecule has 0 aliphatic rings. The van der Waals surface area contributed by atoms with Gasteiger partial charge in [-0.05, 0) is 32.4 Å². The molecule has 0 amide bonds. The lowest BCUT2D eigenvalue weighted by Gasteiger charge is -2.26. The third kappa shape index (κ3) is 3.40. The minimum atomic E-state index is -0.929. The van der Waals surface area contributed by atoms with Crippen LogP contribution in [0.3, 0.4) is 0 Å². The summed E-state index contributed by atoms with van der Waals surface area (Å²) in [6.45, 7) is 7.08. The molecule has 0 radical (unpaired) electrons. The van der Waals surface area contributed by atoms with Crippen molar-refractivity contribution in [3.05, 3.63) is 58.9 Å². The highest BCUT2D eigenvalue weighted by molar-refractivity contribution is 5.95. The van der Waals surface area contributed by atoms with Gasteiger partial charge in [-0.25, -0.2) is 4.79 Å². The minimum Gasteiger partial charge on any atom is -0.478 e. The second kappa shape index (κ2) is 6.39. The number of hydrogen-bond donors (Lipinski definition) is 1. The van der Waals surface area contributed by atoms with Crippen LogP contribution in [0.5, 0.6) is 0 Å². The van der Waals surface area contributed by atoms with E-state index in [1.165, 1.54) is 0 Å². The molecule has 1 N–H and O–H groups in total. The minimum absolute atomic E-state index is 0.290. The Balaban J connectivity index is 2.44. The predicted octanol–water partition coefficient (Wildman–Crippen LogP) is 3.42. The molecule has 0 unspecified atom stereocenters. The monoisotopic (exact) mass is 284 g/mol. The van der Waals surface area contributed by atoms with E-state index in [1.54, 1.807) is 6.92 Å². The number of hydrogen-bond acceptors (Lipinski definition) is 3. The molecule has 0 spiro atoms. The summed E-state index contributed by atoms with van der Waals surface area (Å²) in [5, 5.41) is 9.48. The highest BCUT2D eigenvalue weighted by atomic mass is 16.4. The van der Waals surface area contributed by atoms with E-state index < -0.39 is 5.97 Å². The molecule has 4 heteroatoms. The molecule has 2 aromatic rings. The van der Waals surface area contributed by atoms with Crippen molar-refractivity contribution in [3.8, 4) is 0 Å². The summed E-state index contributed by atoms with van der Waals surface area (Å²) in [6, 6.07) is 11.9. The number of carboxylic acid groups (broad SMARTS) is 1. The van der Waals surface area contributed by atoms with Crippen molar-refractivity contribution < 1.29 is 9.90 Å². The van der Waals surface area contributed by atoms with E-state index in [0.717, 1.165) is 23.5 Å². The average Bonchev–Trinajstić information content (AvgIpc) is 2.44. The molecular formula is C17H20N2O2. The number of anilines is 1. The Morgan fingerprint density at radius 2 is 1.90 bits per heavy atom. The zero-order chi connectivity index (χ0) is 15.4. The van der Waals surface area contributed by atoms with Crippen molar-refractivity contribution >= 4 is 11.7 Å². The third-order valence-corrected chi connectivity index (χ3v) is 3.46. The van der Waals surface area contributed by atoms with Gasteiger partial charge in [-0.2, -0.15) is 0 Å². The maximum Gasteiger partial charge on any atom is 0.339 e. The van der Waals surface area contributed by atoms with Crippen molar-refractivity contribution in [1.29, 1.82) is 0 Å². The Bertz CT molecular complexity index is 639. The molecular weight excluding hydrogens is 264 g/mol. The molecule has 0 atom stereocenters. The van der Waals surface area contributed by atoms with Crippen molar-refractivity contribution in [3.63, 3.8) is 0 Å². The zero-order valence-corrected chi connectivity index (χ0v) is 12.6. The van der Waals surface area contributed by atoms with Crippen molar-refractivity contribution in [2.45, 2.75) is 27.3 Å². The van der Waals surface area contributed by atoms with Gasteiger partial charge in [0.15, 0.2) is 0 Å². The van der Waals surface area contributed by atoms with Gasteiger partial charge in [0, 0.05) is 18.8 Å². The number of benzene rings is 1. The number of aromatic carboxylic acids is 1. The van der Waals surface area contributed by atoms with E-state index in [-0.39, 0.29) is 0 Å². The number of rotatable bonds is 5. The molecule has 110 valence electrons. The number of nitrogens with zero attached hydrogens (tertiary/aromatic N) is 2. The molecule has 4 nitrogen and oxygen atoms in total. The van der Waals surface area contributed by atoms with Crippen molar-refractivity contribution in [2.75, 3.05) is 11.4 Å². The van der Waals surface area contributed by atoms with Gasteiger partial charge in [0.1, 0.15) is 5.56 Å². The van der Waals surface area contributed by atoms with Gasteiger partial charge in [-0.3, -0.25) is 4.98 Å². The van der Waals surface area contributed by atoms with Gasteiger partial charge in [0.2, 0.25) is 0 Å². The van der Waals surface area contributed by atoms with Crippen LogP contribution in [0.1, 0.15) is 34.2 Å². The van der Waals surface area contributed by atoms with Gasteiger partial charge in [-0.15, -0.1) is 0 Å². The van der Waals surface area contributed by atoms with Crippen LogP contribution >= 0.6 is 0 Å². The van der Waals surface area contributed by atoms with Crippen LogP contribution < -0.4 is 4.90 Å². The van der Waals surface area contributed by atoms with Crippen LogP contribution in [0, 0.1) is 13.8 Å². The van der Waals surface area contributed by atoms with E-state index in [1.807, 2.05) is 50.2 Å². The maximum absolute atomic E-state index is 11.6. The highest BCUT2D eigenvalue weighted by Gasteiger charge is 2.19. The lowest BCUT2D eigenvalue weighted by Crippen LogP contribution is -2.25. The van der Waals surface area contributed by atoms with Gasteiger partial charge in [0.05, 0.1) is 11.4 Å². The summed E-state index contributed by atoms with van der Waals surface area (Å²) in [6.07, 6.45) is 0. The van der Waals surface area contributed by atoms with Crippen LogP contribution in [-0.4, -0.2) is 22.6 Å². The predicted molar refractivity (Wildman–Crippen MR) is 83.8 cm³/mol. The first-order valence-electron chi connectivity index (χ1n) is 7.03. The van der Waals surface area contributed by atoms with Gasteiger partial charge in [0.25, 0.3) is 0 Å². The highest BCUT2D eigenvalue weighted by Crippen LogP contribution is 2.25. The summed E-state index contributed by atoms with van der Waals surface area (Å²) < 4.78 is 0. The molecule has 0 bridgehead atoms. The Labute approximate surface area is 125 Å². The van der Waals surface area contributed by atoms with E-state index in [4.69, 9.17) is 0 Å². The standard InChI is InChI=1S/C17H20N2O2/c1-4-19(11-14-8-6-5-7-9-14)15-10-12(2)18-13(3)16(15)17(20)21/h5-10H,4,11H2,1-3H3,(H,20,21). The number of carboxylic acids is 1. The first-order chi connectivity index (χ1) is 10.0. The first-order valence-corrected chi connectivity index (χ1v) is 7.03. The van der Waals surface area contributed by atoms with E-state index in [2.05, 4.69) is 9.88 Å². The molecule has 21 heavy (non-hydrogen) atoms. The Morgan fingerprint density at radius 1 is 1.24 bits per heavy atom. The van der Waals surface area contributed by atoms with Gasteiger partial charge in [-0.1, -0.05) is 30.3 Å². The molecule has 0 fully saturated rings. The topological polar surface area (TPSA) is 53.4 Å². The van der Waals surface area contributed by atoms with Crippen LogP contribution in [0.4, 0.5) is 5.69 Å². The molecule has 0 aliphatic heterocycles. The second-order valence-electron chi connectivity index (χ2n) is 5.05. The van der Waals surface area contributed by atoms with E-state index in [0.29, 0.717) is 17.8 Å². The lowest BCUT2D eigenvalue weighted by atomic mass is 10.1. The quantitative estimate of drug-likeness (QED) is 0.914. The smallest absolute Gasteiger partial charge is 0.339 e. The van der Waals surface area contributed by atoms with Gasteiger partial charge < -0.3 is 10.0 Å². The molecule has 1 aromatic carbocycles. The van der Waals surface area contributed by atoms with E-state index >= 15 is 0 Å². The van der Waals surface area contributed by atoms with Crippen LogP contribution in [-0.2, 0) is 6.54 Å². The van der Waals surface area contributed by atoms with Crippen LogP contribution in [0.2, 0.25) is 0 Å². The molecule has 1 heterocycles. The average molecular weight is 284 g/mol. The number of aromatic nitrogens is 1. The van der Waals surface area contributed by atoms with Crippen LogP contribution in [0.15, 0.2) is 36.4 Å². The fraction of sp³-hybridized carbons (Fsp3) is 0.294. The molecule has 0 aliphatic carbocycles. The molecule has 2 rings (SSSR count). The Morgan fingerprint density at radius 3 is 2.48 bits per heavy atom. The number of aryl methyl sites for hydroxylation is 2. The first kappa shape index (κ1) is 15.0. The largest absolute Gasteiger partial charge is 0.478 e. The summed E-state index contributed by atoms with van der Waals surface area (Å²) >= 11 is 0. The van der Waals surface area contributed by atoms with Gasteiger partial charge >= 0.3 is 5.97 Å².